The third kappa shape index (κ3) is 1.67. The molecule has 3 heterocycles. The topological polar surface area (TPSA) is 63.1 Å². The van der Waals surface area contributed by atoms with Crippen LogP contribution < -0.4 is 10.6 Å². The van der Waals surface area contributed by atoms with Crippen LogP contribution in [0.25, 0.3) is 10.8 Å². The highest BCUT2D eigenvalue weighted by atomic mass is 16.2. The first-order valence-corrected chi connectivity index (χ1v) is 6.89. The Balaban J connectivity index is 1.78. The number of nitrogens with one attached hydrogen (secondary N) is 2. The Morgan fingerprint density at radius 3 is 2.90 bits per heavy atom. The molecule has 1 atom stereocenters. The maximum atomic E-state index is 12.0. The Morgan fingerprint density at radius 1 is 1.15 bits per heavy atom. The van der Waals surface area contributed by atoms with Crippen LogP contribution in [-0.4, -0.2) is 16.4 Å². The standard InChI is InChI=1S/C15H15N3O2/c19-14-4-3-13(15(20)17-14)18-7-10-2-1-9-5-16-6-11(9)12(10)8-18/h1-2,7-8,13,16H,3-6H2,(H,17,19,20). The zero-order valence-corrected chi connectivity index (χ0v) is 11.0. The van der Waals surface area contributed by atoms with Gasteiger partial charge in [-0.1, -0.05) is 12.1 Å². The van der Waals surface area contributed by atoms with Gasteiger partial charge in [0.15, 0.2) is 0 Å². The van der Waals surface area contributed by atoms with Crippen molar-refractivity contribution in [1.82, 2.24) is 15.2 Å². The van der Waals surface area contributed by atoms with Crippen molar-refractivity contribution in [3.8, 4) is 0 Å². The van der Waals surface area contributed by atoms with Gasteiger partial charge in [-0.05, 0) is 22.9 Å². The number of benzene rings is 1. The molecule has 1 aromatic heterocycles. The molecule has 0 spiro atoms. The molecule has 0 saturated carbocycles. The minimum atomic E-state index is -0.273. The first kappa shape index (κ1) is 11.7. The molecule has 0 aliphatic carbocycles. The van der Waals surface area contributed by atoms with Gasteiger partial charge < -0.3 is 9.88 Å². The molecule has 0 radical (unpaired) electrons. The second-order valence-electron chi connectivity index (χ2n) is 5.48. The molecule has 2 aromatic rings. The summed E-state index contributed by atoms with van der Waals surface area (Å²) in [5.74, 6) is -0.371. The fourth-order valence-electron chi connectivity index (χ4n) is 3.18. The van der Waals surface area contributed by atoms with Crippen LogP contribution in [0.3, 0.4) is 0 Å². The average Bonchev–Trinajstić information content (AvgIpc) is 3.03. The van der Waals surface area contributed by atoms with Crippen LogP contribution in [0.5, 0.6) is 0 Å². The van der Waals surface area contributed by atoms with Gasteiger partial charge in [0.2, 0.25) is 11.8 Å². The Kier molecular flexibility index (Phi) is 2.44. The normalized spacial score (nSPS) is 22.1. The molecular weight excluding hydrogens is 254 g/mol. The minimum absolute atomic E-state index is 0.173. The van der Waals surface area contributed by atoms with Gasteiger partial charge in [-0.3, -0.25) is 14.9 Å². The molecule has 4 rings (SSSR count). The summed E-state index contributed by atoms with van der Waals surface area (Å²) in [5.41, 5.74) is 2.66. The van der Waals surface area contributed by atoms with Crippen LogP contribution in [0.2, 0.25) is 0 Å². The van der Waals surface area contributed by atoms with Crippen molar-refractivity contribution < 1.29 is 9.59 Å². The van der Waals surface area contributed by atoms with Gasteiger partial charge in [-0.15, -0.1) is 0 Å². The van der Waals surface area contributed by atoms with Crippen LogP contribution in [0, 0.1) is 0 Å². The highest BCUT2D eigenvalue weighted by Gasteiger charge is 2.28. The summed E-state index contributed by atoms with van der Waals surface area (Å²) >= 11 is 0. The molecule has 102 valence electrons. The van der Waals surface area contributed by atoms with E-state index in [1.165, 1.54) is 16.5 Å². The lowest BCUT2D eigenvalue weighted by atomic mass is 10.1. The van der Waals surface area contributed by atoms with Crippen molar-refractivity contribution in [3.63, 3.8) is 0 Å². The molecular formula is C15H15N3O2. The Labute approximate surface area is 115 Å². The van der Waals surface area contributed by atoms with Gasteiger partial charge >= 0.3 is 0 Å². The van der Waals surface area contributed by atoms with E-state index in [0.29, 0.717) is 12.8 Å². The molecule has 2 amide bonds. The van der Waals surface area contributed by atoms with Crippen LogP contribution in [0.15, 0.2) is 24.5 Å². The largest absolute Gasteiger partial charge is 0.341 e. The van der Waals surface area contributed by atoms with E-state index in [4.69, 9.17) is 0 Å². The van der Waals surface area contributed by atoms with Crippen LogP contribution >= 0.6 is 0 Å². The fourth-order valence-corrected chi connectivity index (χ4v) is 3.18. The van der Waals surface area contributed by atoms with E-state index in [2.05, 4.69) is 22.8 Å². The summed E-state index contributed by atoms with van der Waals surface area (Å²) in [4.78, 5) is 23.2. The zero-order valence-electron chi connectivity index (χ0n) is 11.0. The predicted octanol–water partition coefficient (Wildman–Crippen LogP) is 1.22. The summed E-state index contributed by atoms with van der Waals surface area (Å²) in [6.45, 7) is 1.79. The van der Waals surface area contributed by atoms with E-state index in [9.17, 15) is 9.59 Å². The molecule has 20 heavy (non-hydrogen) atoms. The van der Waals surface area contributed by atoms with Gasteiger partial charge in [0.1, 0.15) is 6.04 Å². The molecule has 1 saturated heterocycles. The summed E-state index contributed by atoms with van der Waals surface area (Å²) < 4.78 is 1.95. The first-order valence-electron chi connectivity index (χ1n) is 6.89. The van der Waals surface area contributed by atoms with Gasteiger partial charge in [0, 0.05) is 37.3 Å². The Morgan fingerprint density at radius 2 is 2.05 bits per heavy atom. The summed E-state index contributed by atoms with van der Waals surface area (Å²) in [6.07, 6.45) is 5.03. The van der Waals surface area contributed by atoms with Crippen LogP contribution in [0.1, 0.15) is 30.0 Å². The number of imide groups is 1. The highest BCUT2D eigenvalue weighted by Crippen LogP contribution is 2.29. The SMILES string of the molecule is O=C1CCC(n2cc3ccc4c(c3c2)CNC4)C(=O)N1. The van der Waals surface area contributed by atoms with Crippen molar-refractivity contribution in [2.24, 2.45) is 0 Å². The molecule has 1 aromatic carbocycles. The highest BCUT2D eigenvalue weighted by molar-refractivity contribution is 6.00. The van der Waals surface area contributed by atoms with E-state index in [1.807, 2.05) is 17.0 Å². The second-order valence-corrected chi connectivity index (χ2v) is 5.48. The number of amides is 2. The minimum Gasteiger partial charge on any atom is -0.341 e. The van der Waals surface area contributed by atoms with E-state index in [0.717, 1.165) is 18.5 Å². The van der Waals surface area contributed by atoms with Gasteiger partial charge in [0.25, 0.3) is 0 Å². The monoisotopic (exact) mass is 269 g/mol. The Hall–Kier alpha value is -2.14. The lowest BCUT2D eigenvalue weighted by Gasteiger charge is -2.21. The van der Waals surface area contributed by atoms with E-state index < -0.39 is 0 Å². The second kappa shape index (κ2) is 4.18. The number of nitrogens with zero attached hydrogens (tertiary/aromatic N) is 1. The predicted molar refractivity (Wildman–Crippen MR) is 73.9 cm³/mol. The number of aromatic nitrogens is 1. The van der Waals surface area contributed by atoms with Crippen LogP contribution in [0.4, 0.5) is 0 Å². The number of rotatable bonds is 1. The number of hydrogen-bond donors (Lipinski definition) is 2. The van der Waals surface area contributed by atoms with Crippen molar-refractivity contribution >= 4 is 22.6 Å². The van der Waals surface area contributed by atoms with Gasteiger partial charge in [-0.25, -0.2) is 0 Å². The number of piperidine rings is 1. The average molecular weight is 269 g/mol. The summed E-state index contributed by atoms with van der Waals surface area (Å²) in [6, 6.07) is 3.97. The van der Waals surface area contributed by atoms with Crippen LogP contribution in [-0.2, 0) is 22.7 Å². The molecule has 5 heteroatoms. The first-order chi connectivity index (χ1) is 9.72. The Bertz CT molecular complexity index is 732. The lowest BCUT2D eigenvalue weighted by molar-refractivity contribution is -0.135. The van der Waals surface area contributed by atoms with Crippen molar-refractivity contribution in [2.75, 3.05) is 0 Å². The zero-order chi connectivity index (χ0) is 13.7. The molecule has 1 fully saturated rings. The maximum Gasteiger partial charge on any atom is 0.249 e. The molecule has 0 bridgehead atoms. The quantitative estimate of drug-likeness (QED) is 0.765. The number of hydrogen-bond acceptors (Lipinski definition) is 3. The van der Waals surface area contributed by atoms with Crippen molar-refractivity contribution in [2.45, 2.75) is 32.0 Å². The van der Waals surface area contributed by atoms with Gasteiger partial charge in [0.05, 0.1) is 0 Å². The van der Waals surface area contributed by atoms with E-state index >= 15 is 0 Å². The summed E-state index contributed by atoms with van der Waals surface area (Å²) in [5, 5.41) is 8.12. The molecule has 2 aliphatic rings. The lowest BCUT2D eigenvalue weighted by Crippen LogP contribution is -2.41. The third-order valence-corrected chi connectivity index (χ3v) is 4.24. The van der Waals surface area contributed by atoms with Gasteiger partial charge in [-0.2, -0.15) is 0 Å². The molecule has 1 unspecified atom stereocenters. The maximum absolute atomic E-state index is 12.0. The number of carbonyl (C=O) groups excluding carboxylic acids is 2. The van der Waals surface area contributed by atoms with E-state index in [1.54, 1.807) is 0 Å². The molecule has 2 N–H and O–H groups in total. The van der Waals surface area contributed by atoms with Crippen molar-refractivity contribution in [1.29, 1.82) is 0 Å². The number of carbonyl (C=O) groups is 2. The third-order valence-electron chi connectivity index (χ3n) is 4.24. The van der Waals surface area contributed by atoms with E-state index in [-0.39, 0.29) is 17.9 Å². The van der Waals surface area contributed by atoms with Crippen molar-refractivity contribution in [3.05, 3.63) is 35.7 Å². The fraction of sp³-hybridized carbons (Fsp3) is 0.333. The number of fused-ring (bicyclic) bond motifs is 3. The molecule has 5 nitrogen and oxygen atoms in total. The smallest absolute Gasteiger partial charge is 0.249 e. The summed E-state index contributed by atoms with van der Waals surface area (Å²) in [7, 11) is 0. The molecule has 2 aliphatic heterocycles.